The Balaban J connectivity index is 2.59. The van der Waals surface area contributed by atoms with E-state index in [4.69, 9.17) is 16.9 Å². The van der Waals surface area contributed by atoms with Gasteiger partial charge in [0.2, 0.25) is 0 Å². The first kappa shape index (κ1) is 12.3. The maximum atomic E-state index is 12.0. The number of anilines is 1. The summed E-state index contributed by atoms with van der Waals surface area (Å²) in [7, 11) is 0. The maximum Gasteiger partial charge on any atom is 0.261 e. The van der Waals surface area contributed by atoms with Crippen LogP contribution < -0.4 is 4.90 Å². The standard InChI is InChI=1S/C13H9ClN2O2/c1-7-8(2)13(18)16(12(7)17)11-5-10(14)4-3-9(11)6-15/h3-5H,1-2H3. The lowest BCUT2D eigenvalue weighted by molar-refractivity contribution is -0.120. The van der Waals surface area contributed by atoms with Crippen molar-refractivity contribution in [2.75, 3.05) is 4.90 Å². The van der Waals surface area contributed by atoms with Gasteiger partial charge in [0.25, 0.3) is 11.8 Å². The van der Waals surface area contributed by atoms with Crippen LogP contribution in [0.1, 0.15) is 19.4 Å². The lowest BCUT2D eigenvalue weighted by Crippen LogP contribution is -2.31. The lowest BCUT2D eigenvalue weighted by atomic mass is 10.1. The molecule has 1 aromatic carbocycles. The third kappa shape index (κ3) is 1.69. The molecule has 4 nitrogen and oxygen atoms in total. The Kier molecular flexibility index (Phi) is 2.93. The molecule has 1 aliphatic rings. The van der Waals surface area contributed by atoms with Gasteiger partial charge in [0.05, 0.1) is 11.3 Å². The van der Waals surface area contributed by atoms with Gasteiger partial charge in [-0.2, -0.15) is 5.26 Å². The third-order valence-electron chi connectivity index (χ3n) is 2.93. The molecule has 0 fully saturated rings. The number of nitriles is 1. The van der Waals surface area contributed by atoms with Crippen LogP contribution in [0.4, 0.5) is 5.69 Å². The molecule has 0 saturated carbocycles. The minimum atomic E-state index is -0.406. The van der Waals surface area contributed by atoms with E-state index in [1.54, 1.807) is 19.9 Å². The zero-order valence-electron chi connectivity index (χ0n) is 9.82. The highest BCUT2D eigenvalue weighted by atomic mass is 35.5. The molecule has 0 atom stereocenters. The molecule has 0 aliphatic carbocycles. The Labute approximate surface area is 109 Å². The third-order valence-corrected chi connectivity index (χ3v) is 3.17. The Morgan fingerprint density at radius 2 is 1.72 bits per heavy atom. The number of halogens is 1. The summed E-state index contributed by atoms with van der Waals surface area (Å²) in [5.41, 5.74) is 1.26. The molecule has 0 radical (unpaired) electrons. The molecule has 1 heterocycles. The van der Waals surface area contributed by atoms with Gasteiger partial charge in [-0.1, -0.05) is 11.6 Å². The van der Waals surface area contributed by atoms with Gasteiger partial charge in [-0.25, -0.2) is 4.90 Å². The summed E-state index contributed by atoms with van der Waals surface area (Å²) in [6.07, 6.45) is 0. The fourth-order valence-electron chi connectivity index (χ4n) is 1.75. The second kappa shape index (κ2) is 4.28. The molecule has 1 aliphatic heterocycles. The van der Waals surface area contributed by atoms with Crippen molar-refractivity contribution in [3.8, 4) is 6.07 Å². The Morgan fingerprint density at radius 3 is 2.22 bits per heavy atom. The molecule has 2 amide bonds. The van der Waals surface area contributed by atoms with Crippen LogP contribution in [0.25, 0.3) is 0 Å². The van der Waals surface area contributed by atoms with Crippen molar-refractivity contribution in [1.82, 2.24) is 0 Å². The van der Waals surface area contributed by atoms with E-state index < -0.39 is 11.8 Å². The fraction of sp³-hybridized carbons (Fsp3) is 0.154. The Hall–Kier alpha value is -2.12. The van der Waals surface area contributed by atoms with E-state index in [9.17, 15) is 9.59 Å². The SMILES string of the molecule is CC1=C(C)C(=O)N(c2cc(Cl)ccc2C#N)C1=O. The molecule has 0 unspecified atom stereocenters. The van der Waals surface area contributed by atoms with E-state index in [0.29, 0.717) is 16.2 Å². The molecule has 1 aromatic rings. The van der Waals surface area contributed by atoms with Crippen LogP contribution in [0.2, 0.25) is 5.02 Å². The van der Waals surface area contributed by atoms with Crippen molar-refractivity contribution in [2.45, 2.75) is 13.8 Å². The van der Waals surface area contributed by atoms with E-state index in [1.165, 1.54) is 12.1 Å². The van der Waals surface area contributed by atoms with Crippen LogP contribution >= 0.6 is 11.6 Å². The molecule has 5 heteroatoms. The number of imide groups is 1. The summed E-state index contributed by atoms with van der Waals surface area (Å²) in [5.74, 6) is -0.812. The van der Waals surface area contributed by atoms with Crippen molar-refractivity contribution in [1.29, 1.82) is 5.26 Å². The van der Waals surface area contributed by atoms with Gasteiger partial charge in [-0.15, -0.1) is 0 Å². The number of nitrogens with zero attached hydrogens (tertiary/aromatic N) is 2. The second-order valence-electron chi connectivity index (χ2n) is 3.97. The summed E-state index contributed by atoms with van der Waals surface area (Å²) < 4.78 is 0. The first-order chi connectivity index (χ1) is 8.47. The maximum absolute atomic E-state index is 12.0. The van der Waals surface area contributed by atoms with Crippen LogP contribution in [0.15, 0.2) is 29.3 Å². The predicted molar refractivity (Wildman–Crippen MR) is 67.0 cm³/mol. The van der Waals surface area contributed by atoms with Gasteiger partial charge in [0.1, 0.15) is 6.07 Å². The number of carbonyl (C=O) groups is 2. The summed E-state index contributed by atoms with van der Waals surface area (Å²) in [5, 5.41) is 9.39. The van der Waals surface area contributed by atoms with E-state index in [1.807, 2.05) is 6.07 Å². The quantitative estimate of drug-likeness (QED) is 0.729. The molecule has 0 aromatic heterocycles. The normalized spacial score (nSPS) is 15.3. The van der Waals surface area contributed by atoms with Crippen molar-refractivity contribution >= 4 is 29.1 Å². The number of carbonyl (C=O) groups excluding carboxylic acids is 2. The predicted octanol–water partition coefficient (Wildman–Crippen LogP) is 2.42. The largest absolute Gasteiger partial charge is 0.269 e. The van der Waals surface area contributed by atoms with Gasteiger partial charge >= 0.3 is 0 Å². The second-order valence-corrected chi connectivity index (χ2v) is 4.41. The average Bonchev–Trinajstić information content (AvgIpc) is 2.54. The van der Waals surface area contributed by atoms with Gasteiger partial charge in [0, 0.05) is 16.2 Å². The van der Waals surface area contributed by atoms with Crippen LogP contribution in [-0.2, 0) is 9.59 Å². The summed E-state index contributed by atoms with van der Waals surface area (Å²) in [6, 6.07) is 6.42. The minimum absolute atomic E-state index is 0.233. The number of hydrogen-bond acceptors (Lipinski definition) is 3. The molecule has 0 bridgehead atoms. The Bertz CT molecular complexity index is 617. The average molecular weight is 261 g/mol. The zero-order valence-corrected chi connectivity index (χ0v) is 10.6. The first-order valence-corrected chi connectivity index (χ1v) is 5.61. The number of rotatable bonds is 1. The van der Waals surface area contributed by atoms with Crippen LogP contribution in [-0.4, -0.2) is 11.8 Å². The van der Waals surface area contributed by atoms with Crippen molar-refractivity contribution in [3.05, 3.63) is 39.9 Å². The van der Waals surface area contributed by atoms with Crippen molar-refractivity contribution in [2.24, 2.45) is 0 Å². The van der Waals surface area contributed by atoms with E-state index in [2.05, 4.69) is 0 Å². The van der Waals surface area contributed by atoms with E-state index >= 15 is 0 Å². The molecule has 90 valence electrons. The zero-order chi connectivity index (χ0) is 13.4. The molecule has 0 spiro atoms. The molecule has 2 rings (SSSR count). The summed E-state index contributed by atoms with van der Waals surface area (Å²) in [4.78, 5) is 25.0. The van der Waals surface area contributed by atoms with Crippen molar-refractivity contribution < 1.29 is 9.59 Å². The number of amides is 2. The van der Waals surface area contributed by atoms with Gasteiger partial charge in [-0.05, 0) is 32.0 Å². The van der Waals surface area contributed by atoms with Crippen LogP contribution in [0, 0.1) is 11.3 Å². The number of benzene rings is 1. The van der Waals surface area contributed by atoms with Crippen LogP contribution in [0.3, 0.4) is 0 Å². The van der Waals surface area contributed by atoms with Gasteiger partial charge in [-0.3, -0.25) is 9.59 Å². The summed E-state index contributed by atoms with van der Waals surface area (Å²) in [6.45, 7) is 3.18. The van der Waals surface area contributed by atoms with Gasteiger partial charge < -0.3 is 0 Å². The molecular formula is C13H9ClN2O2. The molecule has 18 heavy (non-hydrogen) atoms. The lowest BCUT2D eigenvalue weighted by Gasteiger charge is -2.16. The highest BCUT2D eigenvalue weighted by Crippen LogP contribution is 2.31. The fourth-order valence-corrected chi connectivity index (χ4v) is 1.92. The topological polar surface area (TPSA) is 61.2 Å². The molecule has 0 saturated heterocycles. The first-order valence-electron chi connectivity index (χ1n) is 5.23. The molecule has 0 N–H and O–H groups in total. The van der Waals surface area contributed by atoms with Crippen molar-refractivity contribution in [3.63, 3.8) is 0 Å². The summed E-state index contributed by atoms with van der Waals surface area (Å²) >= 11 is 5.85. The molecular weight excluding hydrogens is 252 g/mol. The highest BCUT2D eigenvalue weighted by molar-refractivity contribution is 6.34. The monoisotopic (exact) mass is 260 g/mol. The van der Waals surface area contributed by atoms with E-state index in [-0.39, 0.29) is 11.3 Å². The van der Waals surface area contributed by atoms with E-state index in [0.717, 1.165) is 4.90 Å². The minimum Gasteiger partial charge on any atom is -0.269 e. The number of hydrogen-bond donors (Lipinski definition) is 0. The van der Waals surface area contributed by atoms with Gasteiger partial charge in [0.15, 0.2) is 0 Å². The highest BCUT2D eigenvalue weighted by Gasteiger charge is 2.35. The Morgan fingerprint density at radius 1 is 1.17 bits per heavy atom. The van der Waals surface area contributed by atoms with Crippen LogP contribution in [0.5, 0.6) is 0 Å². The smallest absolute Gasteiger partial charge is 0.261 e.